The van der Waals surface area contributed by atoms with Gasteiger partial charge in [-0.1, -0.05) is 13.8 Å². The summed E-state index contributed by atoms with van der Waals surface area (Å²) in [5.74, 6) is 1.94. The van der Waals surface area contributed by atoms with Crippen molar-refractivity contribution < 1.29 is 4.42 Å². The zero-order chi connectivity index (χ0) is 13.0. The van der Waals surface area contributed by atoms with Gasteiger partial charge in [0.15, 0.2) is 0 Å². The van der Waals surface area contributed by atoms with Gasteiger partial charge >= 0.3 is 0 Å². The smallest absolute Gasteiger partial charge is 0.226 e. The topological polar surface area (TPSA) is 55.9 Å². The van der Waals surface area contributed by atoms with Crippen LogP contribution in [0.1, 0.15) is 19.6 Å². The number of hydrogen-bond acceptors (Lipinski definition) is 5. The summed E-state index contributed by atoms with van der Waals surface area (Å²) < 4.78 is 7.53. The fourth-order valence-electron chi connectivity index (χ4n) is 1.42. The maximum atomic E-state index is 5.26. The first kappa shape index (κ1) is 12.8. The molecule has 5 nitrogen and oxygen atoms in total. The molecule has 2 heterocycles. The molecule has 0 spiro atoms. The maximum absolute atomic E-state index is 5.26. The fraction of sp³-hybridized carbons (Fsp3) is 0.417. The predicted octanol–water partition coefficient (Wildman–Crippen LogP) is 2.72. The molecule has 0 fully saturated rings. The lowest BCUT2D eigenvalue weighted by Gasteiger charge is -2.08. The second-order valence-corrected chi connectivity index (χ2v) is 4.81. The van der Waals surface area contributed by atoms with Crippen molar-refractivity contribution in [3.05, 3.63) is 35.3 Å². The van der Waals surface area contributed by atoms with Crippen LogP contribution in [0, 0.1) is 10.7 Å². The zero-order valence-corrected chi connectivity index (χ0v) is 11.3. The summed E-state index contributed by atoms with van der Waals surface area (Å²) in [5, 5.41) is 3.15. The minimum Gasteiger partial charge on any atom is -0.467 e. The van der Waals surface area contributed by atoms with Gasteiger partial charge < -0.3 is 9.73 Å². The minimum absolute atomic E-state index is 0.493. The first-order valence-corrected chi connectivity index (χ1v) is 6.25. The van der Waals surface area contributed by atoms with Crippen molar-refractivity contribution in [2.75, 3.05) is 11.9 Å². The molecule has 0 saturated heterocycles. The Labute approximate surface area is 111 Å². The summed E-state index contributed by atoms with van der Waals surface area (Å²) >= 11 is 5.22. The molecular formula is C12H16N4OS. The van der Waals surface area contributed by atoms with E-state index in [0.29, 0.717) is 23.2 Å². The molecule has 2 rings (SSSR count). The molecule has 0 saturated carbocycles. The van der Waals surface area contributed by atoms with E-state index in [1.807, 2.05) is 12.1 Å². The number of anilines is 1. The Hall–Kier alpha value is -1.69. The third kappa shape index (κ3) is 3.40. The number of rotatable bonds is 5. The first-order chi connectivity index (χ1) is 8.65. The zero-order valence-electron chi connectivity index (χ0n) is 10.5. The molecule has 18 heavy (non-hydrogen) atoms. The Balaban J connectivity index is 2.08. The van der Waals surface area contributed by atoms with E-state index in [-0.39, 0.29) is 0 Å². The lowest BCUT2D eigenvalue weighted by Crippen LogP contribution is -2.13. The van der Waals surface area contributed by atoms with E-state index in [1.165, 1.54) is 0 Å². The van der Waals surface area contributed by atoms with E-state index in [9.17, 15) is 0 Å². The Morgan fingerprint density at radius 2 is 2.33 bits per heavy atom. The lowest BCUT2D eigenvalue weighted by molar-refractivity contribution is 0.487. The standard InChI is InChI=1S/C12H16N4OS/c1-9(2)6-13-11-14-8-16(12(18)15-11)7-10-4-3-5-17-10/h3-5,8-9H,6-7H2,1-2H3,(H,13,15,18). The van der Waals surface area contributed by atoms with Crippen molar-refractivity contribution in [2.24, 2.45) is 5.92 Å². The number of furan rings is 1. The van der Waals surface area contributed by atoms with Crippen LogP contribution in [0.15, 0.2) is 29.1 Å². The van der Waals surface area contributed by atoms with Crippen molar-refractivity contribution in [1.82, 2.24) is 14.5 Å². The molecule has 0 atom stereocenters. The van der Waals surface area contributed by atoms with Crippen LogP contribution >= 0.6 is 12.2 Å². The van der Waals surface area contributed by atoms with Crippen molar-refractivity contribution in [2.45, 2.75) is 20.4 Å². The van der Waals surface area contributed by atoms with Crippen LogP contribution in [0.4, 0.5) is 5.95 Å². The Morgan fingerprint density at radius 1 is 1.50 bits per heavy atom. The highest BCUT2D eigenvalue weighted by Gasteiger charge is 2.02. The van der Waals surface area contributed by atoms with Crippen LogP contribution in [-0.4, -0.2) is 21.1 Å². The molecule has 0 amide bonds. The summed E-state index contributed by atoms with van der Waals surface area (Å²) in [6.07, 6.45) is 3.32. The fourth-order valence-corrected chi connectivity index (χ4v) is 1.62. The van der Waals surface area contributed by atoms with Gasteiger partial charge in [0.1, 0.15) is 12.1 Å². The Kier molecular flexibility index (Phi) is 4.09. The molecule has 2 aromatic heterocycles. The van der Waals surface area contributed by atoms with Gasteiger partial charge in [0, 0.05) is 6.54 Å². The van der Waals surface area contributed by atoms with E-state index in [4.69, 9.17) is 16.6 Å². The number of hydrogen-bond donors (Lipinski definition) is 1. The Morgan fingerprint density at radius 3 is 2.94 bits per heavy atom. The van der Waals surface area contributed by atoms with Crippen LogP contribution in [-0.2, 0) is 6.54 Å². The average molecular weight is 264 g/mol. The maximum Gasteiger partial charge on any atom is 0.226 e. The van der Waals surface area contributed by atoms with E-state index >= 15 is 0 Å². The van der Waals surface area contributed by atoms with Crippen LogP contribution in [0.5, 0.6) is 0 Å². The highest BCUT2D eigenvalue weighted by atomic mass is 32.1. The monoisotopic (exact) mass is 264 g/mol. The largest absolute Gasteiger partial charge is 0.467 e. The number of aromatic nitrogens is 3. The van der Waals surface area contributed by atoms with E-state index < -0.39 is 0 Å². The van der Waals surface area contributed by atoms with Gasteiger partial charge in [0.25, 0.3) is 0 Å². The second kappa shape index (κ2) is 5.77. The summed E-state index contributed by atoms with van der Waals surface area (Å²) in [6.45, 7) is 5.64. The number of nitrogens with zero attached hydrogens (tertiary/aromatic N) is 3. The van der Waals surface area contributed by atoms with E-state index in [1.54, 1.807) is 17.2 Å². The number of nitrogens with one attached hydrogen (secondary N) is 1. The van der Waals surface area contributed by atoms with Crippen molar-refractivity contribution >= 4 is 18.2 Å². The molecule has 0 unspecified atom stereocenters. The summed E-state index contributed by atoms with van der Waals surface area (Å²) in [6, 6.07) is 3.74. The summed E-state index contributed by atoms with van der Waals surface area (Å²) in [4.78, 5) is 8.46. The van der Waals surface area contributed by atoms with Crippen LogP contribution in [0.2, 0.25) is 0 Å². The van der Waals surface area contributed by atoms with Crippen molar-refractivity contribution in [3.63, 3.8) is 0 Å². The molecule has 0 radical (unpaired) electrons. The molecule has 96 valence electrons. The van der Waals surface area contributed by atoms with Gasteiger partial charge in [0.05, 0.1) is 12.8 Å². The van der Waals surface area contributed by atoms with Gasteiger partial charge in [-0.15, -0.1) is 0 Å². The predicted molar refractivity (Wildman–Crippen MR) is 72.0 cm³/mol. The molecule has 0 aromatic carbocycles. The van der Waals surface area contributed by atoms with Gasteiger partial charge in [-0.25, -0.2) is 4.98 Å². The Bertz CT molecular complexity index is 547. The van der Waals surface area contributed by atoms with Crippen molar-refractivity contribution in [1.29, 1.82) is 0 Å². The normalized spacial score (nSPS) is 10.8. The second-order valence-electron chi connectivity index (χ2n) is 4.44. The average Bonchev–Trinajstić information content (AvgIpc) is 2.82. The highest BCUT2D eigenvalue weighted by molar-refractivity contribution is 7.71. The quantitative estimate of drug-likeness (QED) is 0.841. The van der Waals surface area contributed by atoms with Crippen molar-refractivity contribution in [3.8, 4) is 0 Å². The molecule has 0 aliphatic heterocycles. The minimum atomic E-state index is 0.493. The SMILES string of the molecule is CC(C)CNc1ncn(Cc2ccco2)c(=S)n1. The molecule has 1 N–H and O–H groups in total. The highest BCUT2D eigenvalue weighted by Crippen LogP contribution is 2.05. The van der Waals surface area contributed by atoms with Gasteiger partial charge in [-0.05, 0) is 30.3 Å². The molecule has 2 aromatic rings. The summed E-state index contributed by atoms with van der Waals surface area (Å²) in [7, 11) is 0. The summed E-state index contributed by atoms with van der Waals surface area (Å²) in [5.41, 5.74) is 0. The lowest BCUT2D eigenvalue weighted by atomic mass is 10.2. The molecular weight excluding hydrogens is 248 g/mol. The first-order valence-electron chi connectivity index (χ1n) is 5.85. The van der Waals surface area contributed by atoms with Gasteiger partial charge in [0.2, 0.25) is 10.7 Å². The van der Waals surface area contributed by atoms with Gasteiger partial charge in [-0.3, -0.25) is 4.57 Å². The molecule has 6 heteroatoms. The van der Waals surface area contributed by atoms with E-state index in [2.05, 4.69) is 29.1 Å². The molecule has 0 aliphatic carbocycles. The third-order valence-electron chi connectivity index (χ3n) is 2.34. The van der Waals surface area contributed by atoms with Crippen LogP contribution in [0.25, 0.3) is 0 Å². The third-order valence-corrected chi connectivity index (χ3v) is 2.67. The molecule has 0 bridgehead atoms. The van der Waals surface area contributed by atoms with Crippen LogP contribution in [0.3, 0.4) is 0 Å². The van der Waals surface area contributed by atoms with Crippen LogP contribution < -0.4 is 5.32 Å². The molecule has 0 aliphatic rings. The van der Waals surface area contributed by atoms with E-state index in [0.717, 1.165) is 12.3 Å². The van der Waals surface area contributed by atoms with Gasteiger partial charge in [-0.2, -0.15) is 4.98 Å².